The van der Waals surface area contributed by atoms with Gasteiger partial charge < -0.3 is 10.6 Å². The molecule has 0 aliphatic carbocycles. The Balaban J connectivity index is 1.75. The van der Waals surface area contributed by atoms with Gasteiger partial charge in [0, 0.05) is 37.4 Å². The van der Waals surface area contributed by atoms with Crippen molar-refractivity contribution < 1.29 is 4.79 Å². The Morgan fingerprint density at radius 1 is 1.32 bits per heavy atom. The Kier molecular flexibility index (Phi) is 3.38. The molecule has 2 fully saturated rings. The molecular weight excluding hydrogens is 240 g/mol. The summed E-state index contributed by atoms with van der Waals surface area (Å²) in [5, 5.41) is 0. The summed E-state index contributed by atoms with van der Waals surface area (Å²) in [4.78, 5) is 21.0. The summed E-state index contributed by atoms with van der Waals surface area (Å²) in [5.74, 6) is 0.492. The lowest BCUT2D eigenvalue weighted by Crippen LogP contribution is -2.39. The molecule has 0 saturated carbocycles. The number of pyridine rings is 1. The summed E-state index contributed by atoms with van der Waals surface area (Å²) in [6.45, 7) is 4.00. The minimum atomic E-state index is 0.0860. The first kappa shape index (κ1) is 12.4. The molecule has 2 aliphatic rings. The van der Waals surface area contributed by atoms with Gasteiger partial charge in [0.1, 0.15) is 5.82 Å². The lowest BCUT2D eigenvalue weighted by atomic mass is 10.2. The van der Waals surface area contributed by atoms with Crippen LogP contribution in [0.5, 0.6) is 0 Å². The molecular formula is C14H20N4O. The van der Waals surface area contributed by atoms with E-state index in [1.165, 1.54) is 19.4 Å². The van der Waals surface area contributed by atoms with Crippen LogP contribution >= 0.6 is 0 Å². The summed E-state index contributed by atoms with van der Waals surface area (Å²) < 4.78 is 0. The van der Waals surface area contributed by atoms with Gasteiger partial charge >= 0.3 is 0 Å². The average Bonchev–Trinajstić information content (AvgIpc) is 2.75. The number of hydrogen-bond acceptors (Lipinski definition) is 4. The summed E-state index contributed by atoms with van der Waals surface area (Å²) in [6, 6.07) is 3.96. The number of carbonyl (C=O) groups is 1. The SMILES string of the molecule is Nc1cc(C(=O)N2CCCN3CCCC3C2)ccn1. The molecule has 5 nitrogen and oxygen atoms in total. The van der Waals surface area contributed by atoms with E-state index >= 15 is 0 Å². The van der Waals surface area contributed by atoms with Crippen LogP contribution in [-0.4, -0.2) is 52.9 Å². The first-order valence-electron chi connectivity index (χ1n) is 6.99. The number of carbonyl (C=O) groups excluding carboxylic acids is 1. The van der Waals surface area contributed by atoms with Gasteiger partial charge in [-0.25, -0.2) is 4.98 Å². The highest BCUT2D eigenvalue weighted by molar-refractivity contribution is 5.94. The molecule has 0 spiro atoms. The highest BCUT2D eigenvalue weighted by Gasteiger charge is 2.30. The van der Waals surface area contributed by atoms with E-state index in [9.17, 15) is 4.79 Å². The standard InChI is InChI=1S/C14H20N4O/c15-13-9-11(4-5-16-13)14(19)18-8-2-7-17-6-1-3-12(17)10-18/h4-5,9,12H,1-3,6-8,10H2,(H2,15,16). The van der Waals surface area contributed by atoms with Crippen molar-refractivity contribution in [3.63, 3.8) is 0 Å². The van der Waals surface area contributed by atoms with E-state index in [2.05, 4.69) is 9.88 Å². The Labute approximate surface area is 113 Å². The number of anilines is 1. The van der Waals surface area contributed by atoms with Crippen molar-refractivity contribution in [2.75, 3.05) is 31.9 Å². The molecule has 3 rings (SSSR count). The van der Waals surface area contributed by atoms with E-state index in [-0.39, 0.29) is 5.91 Å². The fraction of sp³-hybridized carbons (Fsp3) is 0.571. The van der Waals surface area contributed by atoms with Crippen LogP contribution in [0.2, 0.25) is 0 Å². The smallest absolute Gasteiger partial charge is 0.254 e. The number of aromatic nitrogens is 1. The monoisotopic (exact) mass is 260 g/mol. The van der Waals surface area contributed by atoms with E-state index in [0.29, 0.717) is 17.4 Å². The maximum absolute atomic E-state index is 12.5. The lowest BCUT2D eigenvalue weighted by Gasteiger charge is -2.25. The van der Waals surface area contributed by atoms with Crippen LogP contribution in [0.3, 0.4) is 0 Å². The topological polar surface area (TPSA) is 62.5 Å². The van der Waals surface area contributed by atoms with E-state index in [1.807, 2.05) is 4.90 Å². The Bertz CT molecular complexity index is 476. The van der Waals surface area contributed by atoms with Crippen LogP contribution in [0.15, 0.2) is 18.3 Å². The quantitative estimate of drug-likeness (QED) is 0.817. The molecule has 1 atom stereocenters. The molecule has 1 aromatic rings. The third-order valence-electron chi connectivity index (χ3n) is 4.12. The van der Waals surface area contributed by atoms with Crippen LogP contribution in [0, 0.1) is 0 Å². The number of amides is 1. The zero-order valence-electron chi connectivity index (χ0n) is 11.1. The number of fused-ring (bicyclic) bond motifs is 1. The number of nitrogens with zero attached hydrogens (tertiary/aromatic N) is 3. The number of nitrogens with two attached hydrogens (primary N) is 1. The molecule has 1 unspecified atom stereocenters. The van der Waals surface area contributed by atoms with Crippen molar-refractivity contribution in [3.8, 4) is 0 Å². The zero-order chi connectivity index (χ0) is 13.2. The Hall–Kier alpha value is -1.62. The minimum absolute atomic E-state index is 0.0860. The molecule has 2 N–H and O–H groups in total. The molecule has 0 aromatic carbocycles. The highest BCUT2D eigenvalue weighted by Crippen LogP contribution is 2.22. The second kappa shape index (κ2) is 5.17. The van der Waals surface area contributed by atoms with Gasteiger partial charge in [-0.15, -0.1) is 0 Å². The highest BCUT2D eigenvalue weighted by atomic mass is 16.2. The summed E-state index contributed by atoms with van der Waals surface area (Å²) >= 11 is 0. The van der Waals surface area contributed by atoms with Gasteiger partial charge in [-0.3, -0.25) is 9.69 Å². The van der Waals surface area contributed by atoms with E-state index in [0.717, 1.165) is 26.1 Å². The zero-order valence-corrected chi connectivity index (χ0v) is 11.1. The molecule has 5 heteroatoms. The van der Waals surface area contributed by atoms with E-state index < -0.39 is 0 Å². The van der Waals surface area contributed by atoms with Crippen molar-refractivity contribution in [2.45, 2.75) is 25.3 Å². The van der Waals surface area contributed by atoms with Crippen molar-refractivity contribution in [1.29, 1.82) is 0 Å². The van der Waals surface area contributed by atoms with Crippen LogP contribution < -0.4 is 5.73 Å². The molecule has 19 heavy (non-hydrogen) atoms. The van der Waals surface area contributed by atoms with Crippen LogP contribution in [0.4, 0.5) is 5.82 Å². The van der Waals surface area contributed by atoms with Gasteiger partial charge in [0.2, 0.25) is 0 Å². The van der Waals surface area contributed by atoms with E-state index in [1.54, 1.807) is 18.3 Å². The summed E-state index contributed by atoms with van der Waals surface area (Å²) in [7, 11) is 0. The largest absolute Gasteiger partial charge is 0.384 e. The van der Waals surface area contributed by atoms with E-state index in [4.69, 9.17) is 5.73 Å². The van der Waals surface area contributed by atoms with Crippen molar-refractivity contribution in [1.82, 2.24) is 14.8 Å². The molecule has 0 radical (unpaired) electrons. The van der Waals surface area contributed by atoms with Crippen molar-refractivity contribution in [3.05, 3.63) is 23.9 Å². The Morgan fingerprint density at radius 2 is 2.16 bits per heavy atom. The number of nitrogen functional groups attached to an aromatic ring is 1. The van der Waals surface area contributed by atoms with Gasteiger partial charge in [0.05, 0.1) is 0 Å². The predicted octanol–water partition coefficient (Wildman–Crippen LogP) is 0.974. The minimum Gasteiger partial charge on any atom is -0.384 e. The molecule has 1 amide bonds. The van der Waals surface area contributed by atoms with Crippen LogP contribution in [0.1, 0.15) is 29.6 Å². The fourth-order valence-electron chi connectivity index (χ4n) is 3.16. The Morgan fingerprint density at radius 3 is 3.00 bits per heavy atom. The number of rotatable bonds is 1. The molecule has 2 aliphatic heterocycles. The first-order valence-corrected chi connectivity index (χ1v) is 6.99. The van der Waals surface area contributed by atoms with Gasteiger partial charge in [0.15, 0.2) is 0 Å². The normalized spacial score (nSPS) is 24.0. The van der Waals surface area contributed by atoms with Gasteiger partial charge in [-0.1, -0.05) is 0 Å². The third-order valence-corrected chi connectivity index (χ3v) is 4.12. The molecule has 0 bridgehead atoms. The maximum atomic E-state index is 12.5. The summed E-state index contributed by atoms with van der Waals surface area (Å²) in [5.41, 5.74) is 6.30. The van der Waals surface area contributed by atoms with Crippen LogP contribution in [-0.2, 0) is 0 Å². The molecule has 2 saturated heterocycles. The lowest BCUT2D eigenvalue weighted by molar-refractivity contribution is 0.0743. The first-order chi connectivity index (χ1) is 9.24. The predicted molar refractivity (Wildman–Crippen MR) is 73.8 cm³/mol. The fourth-order valence-corrected chi connectivity index (χ4v) is 3.16. The average molecular weight is 260 g/mol. The number of hydrogen-bond donors (Lipinski definition) is 1. The molecule has 1 aromatic heterocycles. The second-order valence-corrected chi connectivity index (χ2v) is 5.41. The van der Waals surface area contributed by atoms with Gasteiger partial charge in [-0.05, 0) is 37.9 Å². The van der Waals surface area contributed by atoms with Gasteiger partial charge in [-0.2, -0.15) is 0 Å². The maximum Gasteiger partial charge on any atom is 0.254 e. The molecule has 102 valence electrons. The summed E-state index contributed by atoms with van der Waals surface area (Å²) in [6.07, 6.45) is 5.13. The second-order valence-electron chi connectivity index (χ2n) is 5.41. The molecule has 3 heterocycles. The van der Waals surface area contributed by atoms with Gasteiger partial charge in [0.25, 0.3) is 5.91 Å². The van der Waals surface area contributed by atoms with Crippen LogP contribution in [0.25, 0.3) is 0 Å². The van der Waals surface area contributed by atoms with Crippen molar-refractivity contribution >= 4 is 11.7 Å². The van der Waals surface area contributed by atoms with Crippen molar-refractivity contribution in [2.24, 2.45) is 0 Å². The third kappa shape index (κ3) is 2.56.